The molecule has 0 atom stereocenters. The van der Waals surface area contributed by atoms with Crippen molar-refractivity contribution in [3.63, 3.8) is 0 Å². The minimum Gasteiger partial charge on any atom is -0.240 e. The molecule has 1 heterocycles. The van der Waals surface area contributed by atoms with Crippen LogP contribution in [0.1, 0.15) is 50.9 Å². The van der Waals surface area contributed by atoms with Crippen molar-refractivity contribution in [2.24, 2.45) is 0 Å². The van der Waals surface area contributed by atoms with Crippen LogP contribution >= 0.6 is 0 Å². The van der Waals surface area contributed by atoms with Crippen molar-refractivity contribution < 1.29 is 0 Å². The first kappa shape index (κ1) is 14.7. The van der Waals surface area contributed by atoms with E-state index in [1.807, 2.05) is 12.4 Å². The van der Waals surface area contributed by atoms with Crippen LogP contribution in [0.5, 0.6) is 0 Å². The Labute approximate surface area is 132 Å². The van der Waals surface area contributed by atoms with E-state index >= 15 is 0 Å². The normalized spacial score (nSPS) is 11.5. The number of aromatic nitrogens is 2. The third-order valence-electron chi connectivity index (χ3n) is 4.05. The number of hydrogen-bond donors (Lipinski definition) is 0. The molecule has 0 N–H and O–H groups in total. The summed E-state index contributed by atoms with van der Waals surface area (Å²) < 4.78 is 0. The van der Waals surface area contributed by atoms with Crippen molar-refractivity contribution in [2.75, 3.05) is 0 Å². The summed E-state index contributed by atoms with van der Waals surface area (Å²) >= 11 is 0. The van der Waals surface area contributed by atoms with Gasteiger partial charge in [0.25, 0.3) is 0 Å². The molecule has 0 spiro atoms. The summed E-state index contributed by atoms with van der Waals surface area (Å²) in [5, 5.41) is 2.55. The first-order valence-corrected chi connectivity index (χ1v) is 7.90. The average molecular weight is 290 g/mol. The first-order chi connectivity index (χ1) is 10.5. The largest absolute Gasteiger partial charge is 0.240 e. The zero-order chi connectivity index (χ0) is 15.7. The lowest BCUT2D eigenvalue weighted by molar-refractivity contribution is 0.775. The summed E-state index contributed by atoms with van der Waals surface area (Å²) in [6, 6.07) is 13.3. The Morgan fingerprint density at radius 2 is 1.32 bits per heavy atom. The molecular formula is C20H22N2. The lowest BCUT2D eigenvalue weighted by Gasteiger charge is -2.09. The molecule has 0 aliphatic carbocycles. The van der Waals surface area contributed by atoms with E-state index in [0.29, 0.717) is 11.8 Å². The Kier molecular flexibility index (Phi) is 3.93. The second-order valence-corrected chi connectivity index (χ2v) is 6.46. The molecule has 2 heteroatoms. The zero-order valence-electron chi connectivity index (χ0n) is 13.7. The van der Waals surface area contributed by atoms with Gasteiger partial charge in [0, 0.05) is 23.9 Å². The van der Waals surface area contributed by atoms with E-state index in [2.05, 4.69) is 74.1 Å². The number of rotatable bonds is 3. The van der Waals surface area contributed by atoms with E-state index < -0.39 is 0 Å². The molecule has 22 heavy (non-hydrogen) atoms. The Bertz CT molecular complexity index is 786. The molecule has 112 valence electrons. The fraction of sp³-hybridized carbons (Fsp3) is 0.300. The summed E-state index contributed by atoms with van der Waals surface area (Å²) in [6.45, 7) is 8.67. The Hall–Kier alpha value is -2.22. The van der Waals surface area contributed by atoms with Crippen LogP contribution in [0.15, 0.2) is 48.8 Å². The van der Waals surface area contributed by atoms with Crippen LogP contribution < -0.4 is 0 Å². The van der Waals surface area contributed by atoms with Gasteiger partial charge in [-0.1, -0.05) is 58.0 Å². The van der Waals surface area contributed by atoms with Crippen molar-refractivity contribution in [1.29, 1.82) is 0 Å². The van der Waals surface area contributed by atoms with E-state index in [9.17, 15) is 0 Å². The zero-order valence-corrected chi connectivity index (χ0v) is 13.7. The van der Waals surface area contributed by atoms with E-state index in [-0.39, 0.29) is 0 Å². The quantitative estimate of drug-likeness (QED) is 0.632. The molecule has 0 fully saturated rings. The Balaban J connectivity index is 1.99. The molecule has 3 aromatic rings. The molecule has 2 aromatic carbocycles. The lowest BCUT2D eigenvalue weighted by Crippen LogP contribution is -1.96. The van der Waals surface area contributed by atoms with Gasteiger partial charge < -0.3 is 0 Å². The maximum atomic E-state index is 4.46. The van der Waals surface area contributed by atoms with Gasteiger partial charge in [0.1, 0.15) is 5.82 Å². The minimum atomic E-state index is 0.361. The maximum Gasteiger partial charge on any atom is 0.130 e. The molecule has 0 radical (unpaired) electrons. The minimum absolute atomic E-state index is 0.361. The van der Waals surface area contributed by atoms with Gasteiger partial charge in [-0.2, -0.15) is 0 Å². The van der Waals surface area contributed by atoms with E-state index in [4.69, 9.17) is 0 Å². The fourth-order valence-electron chi connectivity index (χ4n) is 2.59. The summed E-state index contributed by atoms with van der Waals surface area (Å²) in [6.07, 6.45) is 3.85. The van der Waals surface area contributed by atoms with Crippen LogP contribution in [0, 0.1) is 0 Å². The lowest BCUT2D eigenvalue weighted by atomic mass is 9.97. The van der Waals surface area contributed by atoms with Crippen LogP contribution in [0.4, 0.5) is 0 Å². The van der Waals surface area contributed by atoms with E-state index in [1.165, 1.54) is 21.9 Å². The van der Waals surface area contributed by atoms with Gasteiger partial charge >= 0.3 is 0 Å². The van der Waals surface area contributed by atoms with Gasteiger partial charge in [0.05, 0.1) is 0 Å². The fourth-order valence-corrected chi connectivity index (χ4v) is 2.59. The third kappa shape index (κ3) is 2.87. The van der Waals surface area contributed by atoms with Crippen molar-refractivity contribution in [1.82, 2.24) is 9.97 Å². The smallest absolute Gasteiger partial charge is 0.130 e. The van der Waals surface area contributed by atoms with E-state index in [0.717, 1.165) is 11.4 Å². The van der Waals surface area contributed by atoms with Crippen LogP contribution in [0.25, 0.3) is 21.9 Å². The molecule has 0 saturated carbocycles. The summed E-state index contributed by atoms with van der Waals surface area (Å²) in [5.74, 6) is 1.81. The number of nitrogens with zero attached hydrogens (tertiary/aromatic N) is 2. The summed E-state index contributed by atoms with van der Waals surface area (Å²) in [7, 11) is 0. The van der Waals surface area contributed by atoms with Gasteiger partial charge in [-0.25, -0.2) is 9.97 Å². The van der Waals surface area contributed by atoms with Crippen molar-refractivity contribution in [3.05, 3.63) is 60.2 Å². The monoisotopic (exact) mass is 290 g/mol. The summed E-state index contributed by atoms with van der Waals surface area (Å²) in [5.41, 5.74) is 3.62. The predicted molar refractivity (Wildman–Crippen MR) is 93.2 cm³/mol. The van der Waals surface area contributed by atoms with Gasteiger partial charge in [0.2, 0.25) is 0 Å². The summed E-state index contributed by atoms with van der Waals surface area (Å²) in [4.78, 5) is 8.92. The van der Waals surface area contributed by atoms with Gasteiger partial charge in [-0.15, -0.1) is 0 Å². The van der Waals surface area contributed by atoms with E-state index in [1.54, 1.807) is 0 Å². The van der Waals surface area contributed by atoms with Gasteiger partial charge in [-0.3, -0.25) is 0 Å². The molecule has 1 aromatic heterocycles. The predicted octanol–water partition coefficient (Wildman–Crippen LogP) is 5.54. The maximum absolute atomic E-state index is 4.46. The molecule has 0 amide bonds. The van der Waals surface area contributed by atoms with Crippen molar-refractivity contribution in [2.45, 2.75) is 39.5 Å². The Morgan fingerprint density at radius 3 is 1.95 bits per heavy atom. The molecule has 3 rings (SSSR count). The molecule has 0 unspecified atom stereocenters. The van der Waals surface area contributed by atoms with Crippen LogP contribution in [-0.4, -0.2) is 9.97 Å². The highest BCUT2D eigenvalue weighted by atomic mass is 14.9. The van der Waals surface area contributed by atoms with Crippen LogP contribution in [0.2, 0.25) is 0 Å². The third-order valence-corrected chi connectivity index (χ3v) is 4.05. The second kappa shape index (κ2) is 5.88. The highest BCUT2D eigenvalue weighted by Gasteiger charge is 2.06. The molecular weight excluding hydrogens is 268 g/mol. The van der Waals surface area contributed by atoms with Crippen molar-refractivity contribution >= 4 is 10.8 Å². The number of fused-ring (bicyclic) bond motifs is 1. The average Bonchev–Trinajstić information content (AvgIpc) is 2.54. The highest BCUT2D eigenvalue weighted by molar-refractivity contribution is 5.87. The van der Waals surface area contributed by atoms with Crippen molar-refractivity contribution in [3.8, 4) is 11.1 Å². The van der Waals surface area contributed by atoms with Crippen LogP contribution in [0.3, 0.4) is 0 Å². The number of benzene rings is 2. The first-order valence-electron chi connectivity index (χ1n) is 7.90. The molecule has 0 aliphatic heterocycles. The molecule has 0 saturated heterocycles. The van der Waals surface area contributed by atoms with Gasteiger partial charge in [-0.05, 0) is 33.9 Å². The Morgan fingerprint density at radius 1 is 0.682 bits per heavy atom. The standard InChI is InChI=1S/C20H22N2/c1-13(2)15-5-6-17-10-18(8-7-16(17)9-15)19-11-21-20(14(3)4)22-12-19/h5-14H,1-4H3. The SMILES string of the molecule is CC(C)c1ccc2cc(-c3cnc(C(C)C)nc3)ccc2c1. The van der Waals surface area contributed by atoms with Crippen LogP contribution in [-0.2, 0) is 0 Å². The number of hydrogen-bond acceptors (Lipinski definition) is 2. The molecule has 0 bridgehead atoms. The van der Waals surface area contributed by atoms with Gasteiger partial charge in [0.15, 0.2) is 0 Å². The highest BCUT2D eigenvalue weighted by Crippen LogP contribution is 2.26. The topological polar surface area (TPSA) is 25.8 Å². The molecule has 0 aliphatic rings. The molecule has 2 nitrogen and oxygen atoms in total. The second-order valence-electron chi connectivity index (χ2n) is 6.46.